The predicted octanol–water partition coefficient (Wildman–Crippen LogP) is 1.63. The summed E-state index contributed by atoms with van der Waals surface area (Å²) in [6.07, 6.45) is 0. The first-order valence-electron chi connectivity index (χ1n) is 3.55. The highest BCUT2D eigenvalue weighted by Crippen LogP contribution is 2.18. The van der Waals surface area contributed by atoms with Crippen LogP contribution in [0.25, 0.3) is 0 Å². The van der Waals surface area contributed by atoms with Crippen molar-refractivity contribution in [2.24, 2.45) is 0 Å². The quantitative estimate of drug-likeness (QED) is 0.653. The minimum absolute atomic E-state index is 0.260. The minimum atomic E-state index is -0.260. The first kappa shape index (κ1) is 8.08. The van der Waals surface area contributed by atoms with E-state index in [0.717, 1.165) is 16.9 Å². The number of aliphatic hydroxyl groups is 1. The first-order chi connectivity index (χ1) is 5.24. The Labute approximate surface area is 66.4 Å². The second-order valence-electron chi connectivity index (χ2n) is 2.54. The normalized spacial score (nSPS) is 9.73. The van der Waals surface area contributed by atoms with Crippen LogP contribution in [0.5, 0.6) is 5.75 Å². The minimum Gasteiger partial charge on any atom is -0.467 e. The summed E-state index contributed by atoms with van der Waals surface area (Å²) in [5.41, 5.74) is 2.18. The molecule has 0 heterocycles. The Kier molecular flexibility index (Phi) is 2.49. The SMILES string of the molecule is Cc1ccc(C)c(OCO)c1. The van der Waals surface area contributed by atoms with Crippen molar-refractivity contribution in [1.29, 1.82) is 0 Å². The number of ether oxygens (including phenoxy) is 1. The number of aryl methyl sites for hydroxylation is 2. The Morgan fingerprint density at radius 2 is 2.09 bits per heavy atom. The maximum absolute atomic E-state index is 8.51. The molecule has 0 aliphatic heterocycles. The van der Waals surface area contributed by atoms with E-state index >= 15 is 0 Å². The fourth-order valence-electron chi connectivity index (χ4n) is 0.932. The number of aliphatic hydroxyl groups excluding tert-OH is 1. The third-order valence-corrected chi connectivity index (χ3v) is 1.56. The third kappa shape index (κ3) is 1.95. The van der Waals surface area contributed by atoms with Crippen LogP contribution in [0.2, 0.25) is 0 Å². The summed E-state index contributed by atoms with van der Waals surface area (Å²) >= 11 is 0. The van der Waals surface area contributed by atoms with Crippen molar-refractivity contribution in [3.8, 4) is 5.75 Å². The van der Waals surface area contributed by atoms with Crippen LogP contribution in [0.3, 0.4) is 0 Å². The van der Waals surface area contributed by atoms with E-state index in [-0.39, 0.29) is 6.79 Å². The van der Waals surface area contributed by atoms with Crippen molar-refractivity contribution in [3.05, 3.63) is 29.3 Å². The molecule has 0 atom stereocenters. The highest BCUT2D eigenvalue weighted by atomic mass is 16.6. The Balaban J connectivity index is 2.93. The molecule has 0 bridgehead atoms. The summed E-state index contributed by atoms with van der Waals surface area (Å²) in [6.45, 7) is 3.68. The van der Waals surface area contributed by atoms with Crippen LogP contribution in [0.4, 0.5) is 0 Å². The lowest BCUT2D eigenvalue weighted by atomic mass is 10.1. The van der Waals surface area contributed by atoms with Gasteiger partial charge in [-0.25, -0.2) is 0 Å². The van der Waals surface area contributed by atoms with E-state index in [1.165, 1.54) is 0 Å². The fourth-order valence-corrected chi connectivity index (χ4v) is 0.932. The Morgan fingerprint density at radius 3 is 2.73 bits per heavy atom. The molecule has 0 fully saturated rings. The molecule has 1 aromatic carbocycles. The molecule has 0 amide bonds. The number of hydrogen-bond donors (Lipinski definition) is 1. The van der Waals surface area contributed by atoms with Gasteiger partial charge in [-0.2, -0.15) is 0 Å². The molecule has 0 aromatic heterocycles. The van der Waals surface area contributed by atoms with E-state index in [9.17, 15) is 0 Å². The van der Waals surface area contributed by atoms with Crippen molar-refractivity contribution in [2.45, 2.75) is 13.8 Å². The van der Waals surface area contributed by atoms with Gasteiger partial charge in [0.2, 0.25) is 0 Å². The number of rotatable bonds is 2. The topological polar surface area (TPSA) is 29.5 Å². The zero-order chi connectivity index (χ0) is 8.27. The fraction of sp³-hybridized carbons (Fsp3) is 0.333. The summed E-state index contributed by atoms with van der Waals surface area (Å²) in [5.74, 6) is 0.757. The van der Waals surface area contributed by atoms with E-state index in [1.807, 2.05) is 32.0 Å². The second-order valence-corrected chi connectivity index (χ2v) is 2.54. The van der Waals surface area contributed by atoms with Gasteiger partial charge in [0.25, 0.3) is 0 Å². The van der Waals surface area contributed by atoms with Crippen LogP contribution in [0, 0.1) is 13.8 Å². The van der Waals surface area contributed by atoms with Crippen LogP contribution in [0.1, 0.15) is 11.1 Å². The molecule has 0 radical (unpaired) electrons. The van der Waals surface area contributed by atoms with E-state index in [2.05, 4.69) is 0 Å². The van der Waals surface area contributed by atoms with Gasteiger partial charge in [0.1, 0.15) is 5.75 Å². The van der Waals surface area contributed by atoms with Crippen molar-refractivity contribution in [1.82, 2.24) is 0 Å². The molecule has 1 rings (SSSR count). The van der Waals surface area contributed by atoms with Gasteiger partial charge in [0.05, 0.1) is 0 Å². The average molecular weight is 152 g/mol. The highest BCUT2D eigenvalue weighted by molar-refractivity contribution is 5.35. The molecular formula is C9H12O2. The third-order valence-electron chi connectivity index (χ3n) is 1.56. The molecule has 11 heavy (non-hydrogen) atoms. The maximum atomic E-state index is 8.51. The molecular weight excluding hydrogens is 140 g/mol. The van der Waals surface area contributed by atoms with E-state index in [4.69, 9.17) is 9.84 Å². The van der Waals surface area contributed by atoms with Gasteiger partial charge in [0.15, 0.2) is 6.79 Å². The van der Waals surface area contributed by atoms with Gasteiger partial charge < -0.3 is 9.84 Å². The standard InChI is InChI=1S/C9H12O2/c1-7-3-4-8(2)9(5-7)11-6-10/h3-5,10H,6H2,1-2H3. The summed E-state index contributed by atoms with van der Waals surface area (Å²) in [7, 11) is 0. The Hall–Kier alpha value is -1.02. The van der Waals surface area contributed by atoms with E-state index in [1.54, 1.807) is 0 Å². The summed E-state index contributed by atoms with van der Waals surface area (Å²) in [5, 5.41) is 8.51. The second kappa shape index (κ2) is 3.39. The molecule has 0 unspecified atom stereocenters. The molecule has 1 N–H and O–H groups in total. The Morgan fingerprint density at radius 1 is 1.36 bits per heavy atom. The lowest BCUT2D eigenvalue weighted by Crippen LogP contribution is -1.96. The smallest absolute Gasteiger partial charge is 0.186 e. The van der Waals surface area contributed by atoms with Gasteiger partial charge in [-0.05, 0) is 31.0 Å². The average Bonchev–Trinajstić information content (AvgIpc) is 1.98. The lowest BCUT2D eigenvalue weighted by Gasteiger charge is -2.05. The number of hydrogen-bond acceptors (Lipinski definition) is 2. The van der Waals surface area contributed by atoms with Crippen molar-refractivity contribution in [3.63, 3.8) is 0 Å². The van der Waals surface area contributed by atoms with Gasteiger partial charge >= 0.3 is 0 Å². The molecule has 0 aliphatic rings. The zero-order valence-electron chi connectivity index (χ0n) is 6.79. The van der Waals surface area contributed by atoms with E-state index in [0.29, 0.717) is 0 Å². The van der Waals surface area contributed by atoms with Crippen LogP contribution in [-0.4, -0.2) is 11.9 Å². The molecule has 0 spiro atoms. The van der Waals surface area contributed by atoms with Crippen LogP contribution < -0.4 is 4.74 Å². The summed E-state index contributed by atoms with van der Waals surface area (Å²) in [4.78, 5) is 0. The molecule has 0 saturated carbocycles. The monoisotopic (exact) mass is 152 g/mol. The molecule has 1 aromatic rings. The Bertz CT molecular complexity index is 243. The lowest BCUT2D eigenvalue weighted by molar-refractivity contribution is 0.0978. The van der Waals surface area contributed by atoms with Crippen molar-refractivity contribution >= 4 is 0 Å². The molecule has 2 heteroatoms. The molecule has 0 saturated heterocycles. The zero-order valence-corrected chi connectivity index (χ0v) is 6.79. The van der Waals surface area contributed by atoms with Crippen molar-refractivity contribution < 1.29 is 9.84 Å². The molecule has 2 nitrogen and oxygen atoms in total. The van der Waals surface area contributed by atoms with E-state index < -0.39 is 0 Å². The van der Waals surface area contributed by atoms with Gasteiger partial charge in [0, 0.05) is 0 Å². The van der Waals surface area contributed by atoms with Gasteiger partial charge in [-0.15, -0.1) is 0 Å². The van der Waals surface area contributed by atoms with Crippen LogP contribution in [-0.2, 0) is 0 Å². The summed E-state index contributed by atoms with van der Waals surface area (Å²) < 4.78 is 4.97. The summed E-state index contributed by atoms with van der Waals surface area (Å²) in [6, 6.07) is 5.89. The van der Waals surface area contributed by atoms with Gasteiger partial charge in [-0.3, -0.25) is 0 Å². The van der Waals surface area contributed by atoms with Gasteiger partial charge in [-0.1, -0.05) is 12.1 Å². The molecule has 0 aliphatic carbocycles. The van der Waals surface area contributed by atoms with Crippen LogP contribution in [0.15, 0.2) is 18.2 Å². The number of benzene rings is 1. The molecule has 60 valence electrons. The largest absolute Gasteiger partial charge is 0.467 e. The first-order valence-corrected chi connectivity index (χ1v) is 3.55. The predicted molar refractivity (Wildman–Crippen MR) is 43.6 cm³/mol. The van der Waals surface area contributed by atoms with Crippen molar-refractivity contribution in [2.75, 3.05) is 6.79 Å². The maximum Gasteiger partial charge on any atom is 0.186 e. The van der Waals surface area contributed by atoms with Crippen LogP contribution >= 0.6 is 0 Å². The highest BCUT2D eigenvalue weighted by Gasteiger charge is 1.97.